The molecule has 32 heavy (non-hydrogen) atoms. The van der Waals surface area contributed by atoms with Gasteiger partial charge in [-0.25, -0.2) is 8.02 Å². The van der Waals surface area contributed by atoms with Crippen LogP contribution in [-0.2, 0) is 13.7 Å². The van der Waals surface area contributed by atoms with Crippen molar-refractivity contribution in [3.05, 3.63) is 120 Å². The first-order valence-corrected chi connectivity index (χ1v) is 13.0. The largest absolute Gasteiger partial charge is 0.307 e. The first-order valence-electron chi connectivity index (χ1n) is 10.1. The van der Waals surface area contributed by atoms with Crippen LogP contribution in [0.2, 0.25) is 0 Å². The van der Waals surface area contributed by atoms with Gasteiger partial charge in [-0.1, -0.05) is 54.6 Å². The molecule has 0 bridgehead atoms. The van der Waals surface area contributed by atoms with Gasteiger partial charge in [0.05, 0.1) is 4.90 Å². The van der Waals surface area contributed by atoms with Crippen LogP contribution in [0.3, 0.4) is 0 Å². The lowest BCUT2D eigenvalue weighted by Crippen LogP contribution is -2.16. The summed E-state index contributed by atoms with van der Waals surface area (Å²) < 4.78 is 46.9. The molecule has 6 heteroatoms. The fraction of sp³-hybridized carbons (Fsp3) is 0.0769. The number of rotatable bonds is 6. The monoisotopic (exact) mass is 466 g/mol. The van der Waals surface area contributed by atoms with E-state index >= 15 is 0 Å². The summed E-state index contributed by atoms with van der Waals surface area (Å²) in [7, 11) is -6.93. The summed E-state index contributed by atoms with van der Waals surface area (Å²) in [6, 6.07) is 29.4. The zero-order valence-electron chi connectivity index (χ0n) is 17.7. The highest BCUT2D eigenvalue weighted by atomic mass is 32.3. The molecular formula is C26H23FO3S2. The lowest BCUT2D eigenvalue weighted by molar-refractivity contribution is 0.507. The summed E-state index contributed by atoms with van der Waals surface area (Å²) in [4.78, 5) is 2.26. The van der Waals surface area contributed by atoms with Crippen LogP contribution in [0.25, 0.3) is 0 Å². The Morgan fingerprint density at radius 2 is 1.06 bits per heavy atom. The molecule has 0 radical (unpaired) electrons. The highest BCUT2D eigenvalue weighted by molar-refractivity contribution is 8.33. The van der Waals surface area contributed by atoms with Gasteiger partial charge in [0.1, 0.15) is 5.82 Å². The third-order valence-electron chi connectivity index (χ3n) is 5.14. The SMILES string of the molecule is Cc1cccc(C)c1S(OS(=O)(=O)c1ccc(F)cc1)(c1ccccc1)c1ccccc1. The van der Waals surface area contributed by atoms with Crippen molar-refractivity contribution >= 4 is 20.4 Å². The van der Waals surface area contributed by atoms with E-state index in [0.29, 0.717) is 0 Å². The van der Waals surface area contributed by atoms with Crippen molar-refractivity contribution in [2.75, 3.05) is 0 Å². The summed E-state index contributed by atoms with van der Waals surface area (Å²) in [5, 5.41) is 0. The van der Waals surface area contributed by atoms with Crippen LogP contribution in [0.5, 0.6) is 0 Å². The number of hydrogen-bond donors (Lipinski definition) is 0. The van der Waals surface area contributed by atoms with Crippen LogP contribution in [-0.4, -0.2) is 8.42 Å². The normalized spacial score (nSPS) is 12.5. The van der Waals surface area contributed by atoms with Gasteiger partial charge >= 0.3 is 10.1 Å². The van der Waals surface area contributed by atoms with E-state index in [2.05, 4.69) is 0 Å². The maximum absolute atomic E-state index is 13.6. The van der Waals surface area contributed by atoms with Gasteiger partial charge < -0.3 is 0 Å². The van der Waals surface area contributed by atoms with Crippen LogP contribution in [0, 0.1) is 19.7 Å². The van der Waals surface area contributed by atoms with E-state index in [9.17, 15) is 12.8 Å². The molecule has 0 fully saturated rings. The molecule has 0 aliphatic heterocycles. The standard InChI is InChI=1S/C26H23FO3S2/c1-20-10-9-11-21(2)26(20)31(23-12-5-3-6-13-23,24-14-7-4-8-15-24)30-32(28,29)25-18-16-22(27)17-19-25/h3-19H,1-2H3. The van der Waals surface area contributed by atoms with E-state index in [-0.39, 0.29) is 4.90 Å². The van der Waals surface area contributed by atoms with Gasteiger partial charge in [0.15, 0.2) is 0 Å². The molecule has 0 heterocycles. The number of halogens is 1. The fourth-order valence-corrected chi connectivity index (χ4v) is 9.36. The molecule has 0 N–H and O–H groups in total. The minimum absolute atomic E-state index is 0.0890. The van der Waals surface area contributed by atoms with E-state index in [0.717, 1.165) is 37.9 Å². The minimum atomic E-state index is -4.24. The second-order valence-electron chi connectivity index (χ2n) is 7.38. The van der Waals surface area contributed by atoms with E-state index < -0.39 is 26.2 Å². The Hall–Kier alpha value is -2.93. The van der Waals surface area contributed by atoms with Crippen molar-refractivity contribution in [1.82, 2.24) is 0 Å². The molecule has 0 aliphatic carbocycles. The Bertz CT molecular complexity index is 1260. The van der Waals surface area contributed by atoms with Gasteiger partial charge in [0, 0.05) is 14.7 Å². The van der Waals surface area contributed by atoms with Crippen LogP contribution in [0.15, 0.2) is 123 Å². The first kappa shape index (κ1) is 22.3. The second kappa shape index (κ2) is 8.90. The van der Waals surface area contributed by atoms with Crippen molar-refractivity contribution in [2.45, 2.75) is 33.4 Å². The van der Waals surface area contributed by atoms with Gasteiger partial charge in [-0.05, 0) is 83.8 Å². The van der Waals surface area contributed by atoms with Crippen molar-refractivity contribution in [2.24, 2.45) is 0 Å². The molecule has 0 atom stereocenters. The van der Waals surface area contributed by atoms with Crippen molar-refractivity contribution in [3.8, 4) is 0 Å². The third kappa shape index (κ3) is 4.09. The maximum Gasteiger partial charge on any atom is 0.307 e. The molecule has 0 saturated heterocycles. The van der Waals surface area contributed by atoms with Crippen molar-refractivity contribution in [1.29, 1.82) is 0 Å². The lowest BCUT2D eigenvalue weighted by Gasteiger charge is -2.41. The van der Waals surface area contributed by atoms with Crippen LogP contribution < -0.4 is 0 Å². The van der Waals surface area contributed by atoms with E-state index in [4.69, 9.17) is 3.63 Å². The molecule has 4 aromatic carbocycles. The molecule has 0 unspecified atom stereocenters. The molecule has 4 rings (SSSR count). The number of benzene rings is 4. The summed E-state index contributed by atoms with van der Waals surface area (Å²) in [5.41, 5.74) is 1.86. The predicted molar refractivity (Wildman–Crippen MR) is 126 cm³/mol. The zero-order chi connectivity index (χ0) is 22.8. The fourth-order valence-electron chi connectivity index (χ4n) is 3.74. The van der Waals surface area contributed by atoms with Crippen LogP contribution >= 0.6 is 10.3 Å². The van der Waals surface area contributed by atoms with Gasteiger partial charge in [-0.3, -0.25) is 0 Å². The molecule has 0 aliphatic rings. The smallest absolute Gasteiger partial charge is 0.207 e. The third-order valence-corrected chi connectivity index (χ3v) is 10.6. The van der Waals surface area contributed by atoms with Crippen LogP contribution in [0.1, 0.15) is 11.1 Å². The Morgan fingerprint density at radius 3 is 1.53 bits per heavy atom. The molecule has 0 amide bonds. The highest BCUT2D eigenvalue weighted by Gasteiger charge is 2.40. The molecule has 0 aromatic heterocycles. The zero-order valence-corrected chi connectivity index (χ0v) is 19.4. The molecule has 164 valence electrons. The summed E-state index contributed by atoms with van der Waals surface area (Å²) in [6.45, 7) is 3.92. The highest BCUT2D eigenvalue weighted by Crippen LogP contribution is 2.71. The van der Waals surface area contributed by atoms with Crippen molar-refractivity contribution < 1.29 is 16.4 Å². The Kier molecular flexibility index (Phi) is 6.20. The molecule has 3 nitrogen and oxygen atoms in total. The summed E-state index contributed by atoms with van der Waals surface area (Å²) in [6.07, 6.45) is 0. The Balaban J connectivity index is 2.07. The predicted octanol–water partition coefficient (Wildman–Crippen LogP) is 7.04. The molecular weight excluding hydrogens is 443 g/mol. The summed E-state index contributed by atoms with van der Waals surface area (Å²) >= 11 is 0. The Labute approximate surface area is 190 Å². The Morgan fingerprint density at radius 1 is 0.594 bits per heavy atom. The maximum atomic E-state index is 13.6. The topological polar surface area (TPSA) is 43.4 Å². The van der Waals surface area contributed by atoms with E-state index in [1.54, 1.807) is 0 Å². The average molecular weight is 467 g/mol. The average Bonchev–Trinajstić information content (AvgIpc) is 2.79. The first-order chi connectivity index (χ1) is 15.3. The number of hydrogen-bond acceptors (Lipinski definition) is 3. The van der Waals surface area contributed by atoms with Crippen molar-refractivity contribution in [3.63, 3.8) is 0 Å². The van der Waals surface area contributed by atoms with E-state index in [1.807, 2.05) is 92.7 Å². The van der Waals surface area contributed by atoms with Gasteiger partial charge in [-0.2, -0.15) is 8.42 Å². The number of aryl methyl sites for hydroxylation is 2. The lowest BCUT2D eigenvalue weighted by atomic mass is 10.2. The molecule has 0 saturated carbocycles. The molecule has 4 aromatic rings. The van der Waals surface area contributed by atoms with Gasteiger partial charge in [-0.15, -0.1) is 0 Å². The van der Waals surface area contributed by atoms with E-state index in [1.165, 1.54) is 12.1 Å². The quantitative estimate of drug-likeness (QED) is 0.306. The van der Waals surface area contributed by atoms with Gasteiger partial charge in [0.2, 0.25) is 0 Å². The molecule has 0 spiro atoms. The van der Waals surface area contributed by atoms with Gasteiger partial charge in [0.25, 0.3) is 0 Å². The second-order valence-corrected chi connectivity index (χ2v) is 11.8. The summed E-state index contributed by atoms with van der Waals surface area (Å²) in [5.74, 6) is -0.511. The van der Waals surface area contributed by atoms with Crippen LogP contribution in [0.4, 0.5) is 4.39 Å². The minimum Gasteiger partial charge on any atom is -0.207 e.